The fourth-order valence-corrected chi connectivity index (χ4v) is 1.98. The van der Waals surface area contributed by atoms with E-state index >= 15 is 0 Å². The molecule has 0 N–H and O–H groups in total. The first-order valence-corrected chi connectivity index (χ1v) is 6.37. The van der Waals surface area contributed by atoms with Crippen molar-refractivity contribution >= 4 is 34.3 Å². The normalized spacial score (nSPS) is 11.5. The lowest BCUT2D eigenvalue weighted by Gasteiger charge is -1.95. The number of allylic oxidation sites excluding steroid dienone is 1. The van der Waals surface area contributed by atoms with Crippen LogP contribution in [-0.2, 0) is 0 Å². The lowest BCUT2D eigenvalue weighted by molar-refractivity contribution is 0.586. The van der Waals surface area contributed by atoms with Crippen LogP contribution in [0.5, 0.6) is 0 Å². The molecule has 0 radical (unpaired) electrons. The van der Waals surface area contributed by atoms with Crippen LogP contribution in [0.2, 0.25) is 5.02 Å². The summed E-state index contributed by atoms with van der Waals surface area (Å²) in [4.78, 5) is 4.31. The van der Waals surface area contributed by atoms with Crippen LogP contribution < -0.4 is 0 Å². The highest BCUT2D eigenvalue weighted by atomic mass is 35.5. The van der Waals surface area contributed by atoms with Crippen LogP contribution in [0.15, 0.2) is 52.9 Å². The molecule has 4 heteroatoms. The average Bonchev–Trinajstić information content (AvgIpc) is 2.90. The van der Waals surface area contributed by atoms with Crippen LogP contribution in [0.4, 0.5) is 0 Å². The number of aromatic nitrogens is 1. The van der Waals surface area contributed by atoms with Crippen molar-refractivity contribution in [1.82, 2.24) is 4.98 Å². The second-order valence-corrected chi connectivity index (χ2v) is 4.64. The van der Waals surface area contributed by atoms with E-state index in [2.05, 4.69) is 11.1 Å². The summed E-state index contributed by atoms with van der Waals surface area (Å²) in [6, 6.07) is 16.7. The van der Waals surface area contributed by atoms with Crippen LogP contribution in [0.25, 0.3) is 22.7 Å². The Hall–Kier alpha value is -2.57. The maximum absolute atomic E-state index is 9.28. The van der Waals surface area contributed by atoms with Gasteiger partial charge in [-0.1, -0.05) is 35.9 Å². The van der Waals surface area contributed by atoms with Crippen molar-refractivity contribution in [3.8, 4) is 6.07 Å². The molecule has 0 bridgehead atoms. The van der Waals surface area contributed by atoms with Crippen LogP contribution >= 0.6 is 11.6 Å². The minimum absolute atomic E-state index is 0.323. The molecular weight excluding hydrogens is 272 g/mol. The fourth-order valence-electron chi connectivity index (χ4n) is 1.85. The zero-order chi connectivity index (χ0) is 13.9. The van der Waals surface area contributed by atoms with Gasteiger partial charge in [-0.25, -0.2) is 4.98 Å². The Bertz CT molecular complexity index is 793. The van der Waals surface area contributed by atoms with Crippen LogP contribution in [0.1, 0.15) is 11.5 Å². The molecule has 0 saturated heterocycles. The molecule has 0 amide bonds. The molecule has 0 spiro atoms. The van der Waals surface area contributed by atoms with Gasteiger partial charge in [0.05, 0.1) is 0 Å². The van der Waals surface area contributed by atoms with Gasteiger partial charge in [-0.15, -0.1) is 0 Å². The Kier molecular flexibility index (Phi) is 3.24. The van der Waals surface area contributed by atoms with E-state index in [1.165, 1.54) is 0 Å². The van der Waals surface area contributed by atoms with Gasteiger partial charge in [0, 0.05) is 5.02 Å². The quantitative estimate of drug-likeness (QED) is 0.647. The first-order valence-electron chi connectivity index (χ1n) is 5.99. The maximum atomic E-state index is 9.28. The van der Waals surface area contributed by atoms with E-state index in [1.54, 1.807) is 18.2 Å². The number of nitriles is 1. The largest absolute Gasteiger partial charge is 0.435 e. The third-order valence-corrected chi connectivity index (χ3v) is 3.08. The fraction of sp³-hybridized carbons (Fsp3) is 0. The number of rotatable bonds is 2. The summed E-state index contributed by atoms with van der Waals surface area (Å²) in [5.74, 6) is 0.323. The predicted octanol–water partition coefficient (Wildman–Crippen LogP) is 4.55. The molecular formula is C16H9ClN2O. The molecule has 1 heterocycles. The van der Waals surface area contributed by atoms with E-state index in [4.69, 9.17) is 16.0 Å². The molecule has 20 heavy (non-hydrogen) atoms. The smallest absolute Gasteiger partial charge is 0.238 e. The number of para-hydroxylation sites is 2. The third kappa shape index (κ3) is 2.42. The van der Waals surface area contributed by atoms with E-state index in [0.29, 0.717) is 22.1 Å². The average molecular weight is 281 g/mol. The highest BCUT2D eigenvalue weighted by molar-refractivity contribution is 6.30. The maximum Gasteiger partial charge on any atom is 0.238 e. The van der Waals surface area contributed by atoms with Crippen LogP contribution in [0.3, 0.4) is 0 Å². The van der Waals surface area contributed by atoms with Crippen LogP contribution in [0, 0.1) is 11.3 Å². The third-order valence-electron chi connectivity index (χ3n) is 2.83. The minimum Gasteiger partial charge on any atom is -0.435 e. The second-order valence-electron chi connectivity index (χ2n) is 4.21. The standard InChI is InChI=1S/C16H9ClN2O/c17-13-7-5-11(6-8-13)9-12(10-18)16-19-14-3-1-2-4-15(14)20-16/h1-9H/b12-9+. The van der Waals surface area contributed by atoms with Gasteiger partial charge in [-0.3, -0.25) is 0 Å². The molecule has 0 saturated carbocycles. The SMILES string of the molecule is N#C/C(=C\c1ccc(Cl)cc1)c1nc2ccccc2o1. The molecule has 0 aliphatic heterocycles. The van der Waals surface area contributed by atoms with Crippen molar-refractivity contribution < 1.29 is 4.42 Å². The molecule has 3 aromatic rings. The minimum atomic E-state index is 0.323. The highest BCUT2D eigenvalue weighted by Gasteiger charge is 2.10. The van der Waals surface area contributed by atoms with Crippen molar-refractivity contribution in [2.45, 2.75) is 0 Å². The molecule has 0 fully saturated rings. The number of oxazole rings is 1. The molecule has 0 unspecified atom stereocenters. The number of halogens is 1. The second kappa shape index (κ2) is 5.20. The summed E-state index contributed by atoms with van der Waals surface area (Å²) < 4.78 is 5.59. The molecule has 0 aliphatic carbocycles. The van der Waals surface area contributed by atoms with E-state index in [-0.39, 0.29) is 0 Å². The number of hydrogen-bond donors (Lipinski definition) is 0. The Morgan fingerprint density at radius 1 is 1.15 bits per heavy atom. The van der Waals surface area contributed by atoms with E-state index in [1.807, 2.05) is 36.4 Å². The molecule has 96 valence electrons. The van der Waals surface area contributed by atoms with Gasteiger partial charge < -0.3 is 4.42 Å². The highest BCUT2D eigenvalue weighted by Crippen LogP contribution is 2.22. The summed E-state index contributed by atoms with van der Waals surface area (Å²) in [7, 11) is 0. The van der Waals surface area contributed by atoms with E-state index in [9.17, 15) is 5.26 Å². The molecule has 2 aromatic carbocycles. The van der Waals surface area contributed by atoms with Gasteiger partial charge in [-0.2, -0.15) is 5.26 Å². The lowest BCUT2D eigenvalue weighted by Crippen LogP contribution is -1.81. The number of nitrogens with zero attached hydrogens (tertiary/aromatic N) is 2. The van der Waals surface area contributed by atoms with E-state index in [0.717, 1.165) is 11.1 Å². The summed E-state index contributed by atoms with van der Waals surface area (Å²) in [6.07, 6.45) is 1.72. The predicted molar refractivity (Wildman–Crippen MR) is 78.9 cm³/mol. The summed E-state index contributed by atoms with van der Waals surface area (Å²) >= 11 is 5.84. The Morgan fingerprint density at radius 3 is 2.60 bits per heavy atom. The van der Waals surface area contributed by atoms with Gasteiger partial charge in [-0.05, 0) is 35.9 Å². The number of benzene rings is 2. The van der Waals surface area contributed by atoms with Crippen molar-refractivity contribution in [3.05, 3.63) is 65.0 Å². The Balaban J connectivity index is 2.05. The summed E-state index contributed by atoms with van der Waals surface area (Å²) in [5, 5.41) is 9.93. The Morgan fingerprint density at radius 2 is 1.90 bits per heavy atom. The number of hydrogen-bond acceptors (Lipinski definition) is 3. The van der Waals surface area contributed by atoms with E-state index < -0.39 is 0 Å². The molecule has 3 rings (SSSR count). The molecule has 0 atom stereocenters. The van der Waals surface area contributed by atoms with Gasteiger partial charge in [0.15, 0.2) is 5.58 Å². The summed E-state index contributed by atoms with van der Waals surface area (Å²) in [5.41, 5.74) is 2.65. The molecule has 3 nitrogen and oxygen atoms in total. The first-order chi connectivity index (χ1) is 9.76. The number of fused-ring (bicyclic) bond motifs is 1. The molecule has 1 aromatic heterocycles. The van der Waals surface area contributed by atoms with Crippen molar-refractivity contribution in [2.24, 2.45) is 0 Å². The van der Waals surface area contributed by atoms with Crippen molar-refractivity contribution in [3.63, 3.8) is 0 Å². The Labute approximate surface area is 120 Å². The van der Waals surface area contributed by atoms with Gasteiger partial charge in [0.2, 0.25) is 5.89 Å². The van der Waals surface area contributed by atoms with Crippen molar-refractivity contribution in [1.29, 1.82) is 5.26 Å². The zero-order valence-corrected chi connectivity index (χ0v) is 11.1. The zero-order valence-electron chi connectivity index (χ0n) is 10.4. The van der Waals surface area contributed by atoms with Crippen molar-refractivity contribution in [2.75, 3.05) is 0 Å². The van der Waals surface area contributed by atoms with Gasteiger partial charge in [0.25, 0.3) is 0 Å². The monoisotopic (exact) mass is 280 g/mol. The van der Waals surface area contributed by atoms with Gasteiger partial charge in [0.1, 0.15) is 17.2 Å². The van der Waals surface area contributed by atoms with Crippen LogP contribution in [-0.4, -0.2) is 4.98 Å². The first kappa shape index (κ1) is 12.5. The lowest BCUT2D eigenvalue weighted by atomic mass is 10.1. The topological polar surface area (TPSA) is 49.8 Å². The summed E-state index contributed by atoms with van der Waals surface area (Å²) in [6.45, 7) is 0. The van der Waals surface area contributed by atoms with Gasteiger partial charge >= 0.3 is 0 Å². The molecule has 0 aliphatic rings.